The number of benzene rings is 2. The largest absolute Gasteiger partial charge is 0.352 e. The molecule has 1 fully saturated rings. The first kappa shape index (κ1) is 19.7. The van der Waals surface area contributed by atoms with Crippen molar-refractivity contribution in [2.75, 3.05) is 0 Å². The van der Waals surface area contributed by atoms with Crippen LogP contribution in [-0.4, -0.2) is 26.8 Å². The number of hydrogen-bond acceptors (Lipinski definition) is 4. The van der Waals surface area contributed by atoms with Crippen molar-refractivity contribution in [1.82, 2.24) is 14.9 Å². The molecule has 0 spiro atoms. The van der Waals surface area contributed by atoms with Crippen LogP contribution in [0.15, 0.2) is 58.5 Å². The van der Waals surface area contributed by atoms with Gasteiger partial charge in [0, 0.05) is 6.04 Å². The number of rotatable bonds is 5. The van der Waals surface area contributed by atoms with E-state index in [-0.39, 0.29) is 22.8 Å². The summed E-state index contributed by atoms with van der Waals surface area (Å²) in [6.45, 7) is 3.88. The SMILES string of the molecule is Cc1ccc(-n2c(S[C@@H](C)C(=O)NC3CCCC3)nc3ccccc3c2=O)cc1. The Kier molecular flexibility index (Phi) is 5.72. The van der Waals surface area contributed by atoms with E-state index in [1.54, 1.807) is 10.6 Å². The fraction of sp³-hybridized carbons (Fsp3) is 0.348. The molecular formula is C23H25N3O2S. The van der Waals surface area contributed by atoms with Crippen LogP contribution in [0.4, 0.5) is 0 Å². The Morgan fingerprint density at radius 1 is 1.14 bits per heavy atom. The van der Waals surface area contributed by atoms with Crippen LogP contribution in [0.25, 0.3) is 16.6 Å². The fourth-order valence-corrected chi connectivity index (χ4v) is 4.65. The van der Waals surface area contributed by atoms with Crippen LogP contribution in [0, 0.1) is 6.92 Å². The standard InChI is InChI=1S/C23H25N3O2S/c1-15-11-13-18(14-12-15)26-22(28)19-9-5-6-10-20(19)25-23(26)29-16(2)21(27)24-17-7-3-4-8-17/h5-6,9-14,16-17H,3-4,7-8H2,1-2H3,(H,24,27)/t16-/m0/s1. The number of fused-ring (bicyclic) bond motifs is 1. The van der Waals surface area contributed by atoms with Crippen LogP contribution in [0.2, 0.25) is 0 Å². The van der Waals surface area contributed by atoms with Gasteiger partial charge in [0.05, 0.1) is 21.8 Å². The van der Waals surface area contributed by atoms with E-state index in [1.165, 1.54) is 24.6 Å². The molecule has 1 aliphatic rings. The van der Waals surface area contributed by atoms with Gasteiger partial charge in [0.2, 0.25) is 5.91 Å². The molecule has 5 nitrogen and oxygen atoms in total. The molecule has 6 heteroatoms. The lowest BCUT2D eigenvalue weighted by Crippen LogP contribution is -2.38. The minimum absolute atomic E-state index is 0.000219. The average Bonchev–Trinajstić information content (AvgIpc) is 3.22. The van der Waals surface area contributed by atoms with Gasteiger partial charge in [-0.3, -0.25) is 14.2 Å². The number of aromatic nitrogens is 2. The molecule has 1 heterocycles. The Hall–Kier alpha value is -2.60. The van der Waals surface area contributed by atoms with Gasteiger partial charge in [-0.1, -0.05) is 54.4 Å². The third-order valence-electron chi connectivity index (χ3n) is 5.39. The Morgan fingerprint density at radius 3 is 2.55 bits per heavy atom. The third kappa shape index (κ3) is 4.22. The number of carbonyl (C=O) groups is 1. The zero-order chi connectivity index (χ0) is 20.4. The average molecular weight is 408 g/mol. The number of nitrogens with zero attached hydrogens (tertiary/aromatic N) is 2. The molecule has 1 saturated carbocycles. The summed E-state index contributed by atoms with van der Waals surface area (Å²) < 4.78 is 1.62. The van der Waals surface area contributed by atoms with Gasteiger partial charge in [0.15, 0.2) is 5.16 Å². The first-order chi connectivity index (χ1) is 14.0. The molecule has 0 unspecified atom stereocenters. The van der Waals surface area contributed by atoms with Crippen LogP contribution in [0.3, 0.4) is 0 Å². The summed E-state index contributed by atoms with van der Waals surface area (Å²) in [4.78, 5) is 30.7. The minimum atomic E-state index is -0.347. The van der Waals surface area contributed by atoms with Crippen molar-refractivity contribution in [2.45, 2.75) is 56.0 Å². The summed E-state index contributed by atoms with van der Waals surface area (Å²) >= 11 is 1.33. The number of amides is 1. The maximum absolute atomic E-state index is 13.3. The van der Waals surface area contributed by atoms with Crippen molar-refractivity contribution in [1.29, 1.82) is 0 Å². The van der Waals surface area contributed by atoms with Gasteiger partial charge in [0.25, 0.3) is 5.56 Å². The second kappa shape index (κ2) is 8.41. The number of hydrogen-bond donors (Lipinski definition) is 1. The van der Waals surface area contributed by atoms with Gasteiger partial charge < -0.3 is 5.32 Å². The maximum Gasteiger partial charge on any atom is 0.266 e. The van der Waals surface area contributed by atoms with Crippen LogP contribution in [0.1, 0.15) is 38.2 Å². The highest BCUT2D eigenvalue weighted by Gasteiger charge is 2.23. The Labute approximate surface area is 174 Å². The Bertz CT molecular complexity index is 1090. The molecule has 1 N–H and O–H groups in total. The van der Waals surface area contributed by atoms with Crippen molar-refractivity contribution in [3.63, 3.8) is 0 Å². The quantitative estimate of drug-likeness (QED) is 0.508. The highest BCUT2D eigenvalue weighted by atomic mass is 32.2. The number of thioether (sulfide) groups is 1. The molecule has 0 aliphatic heterocycles. The number of para-hydroxylation sites is 1. The van der Waals surface area contributed by atoms with Gasteiger partial charge >= 0.3 is 0 Å². The zero-order valence-electron chi connectivity index (χ0n) is 16.7. The first-order valence-corrected chi connectivity index (χ1v) is 11.0. The van der Waals surface area contributed by atoms with Crippen LogP contribution in [0.5, 0.6) is 0 Å². The zero-order valence-corrected chi connectivity index (χ0v) is 17.5. The molecule has 0 radical (unpaired) electrons. The second-order valence-electron chi connectivity index (χ2n) is 7.64. The van der Waals surface area contributed by atoms with E-state index >= 15 is 0 Å². The molecule has 1 amide bonds. The summed E-state index contributed by atoms with van der Waals surface area (Å²) in [7, 11) is 0. The molecule has 2 aromatic carbocycles. The molecular weight excluding hydrogens is 382 g/mol. The lowest BCUT2D eigenvalue weighted by molar-refractivity contribution is -0.120. The smallest absolute Gasteiger partial charge is 0.266 e. The van der Waals surface area contributed by atoms with E-state index in [4.69, 9.17) is 4.98 Å². The molecule has 0 saturated heterocycles. The van der Waals surface area contributed by atoms with Gasteiger partial charge in [-0.15, -0.1) is 0 Å². The molecule has 3 aromatic rings. The number of nitrogens with one attached hydrogen (secondary N) is 1. The third-order valence-corrected chi connectivity index (χ3v) is 6.44. The molecule has 1 atom stereocenters. The topological polar surface area (TPSA) is 64.0 Å². The highest BCUT2D eigenvalue weighted by Crippen LogP contribution is 2.26. The Morgan fingerprint density at radius 2 is 1.83 bits per heavy atom. The fourth-order valence-electron chi connectivity index (χ4n) is 3.71. The molecule has 1 aliphatic carbocycles. The van der Waals surface area contributed by atoms with Crippen LogP contribution in [-0.2, 0) is 4.79 Å². The molecule has 150 valence electrons. The lowest BCUT2D eigenvalue weighted by Gasteiger charge is -2.18. The monoisotopic (exact) mass is 407 g/mol. The summed E-state index contributed by atoms with van der Waals surface area (Å²) in [5.41, 5.74) is 2.40. The predicted octanol–water partition coefficient (Wildman–Crippen LogP) is 4.23. The first-order valence-electron chi connectivity index (χ1n) is 10.1. The summed E-state index contributed by atoms with van der Waals surface area (Å²) in [5, 5.41) is 3.90. The number of carbonyl (C=O) groups excluding carboxylic acids is 1. The molecule has 0 bridgehead atoms. The van der Waals surface area contributed by atoms with Crippen molar-refractivity contribution in [3.05, 3.63) is 64.4 Å². The van der Waals surface area contributed by atoms with Crippen molar-refractivity contribution >= 4 is 28.6 Å². The predicted molar refractivity (Wildman–Crippen MR) is 118 cm³/mol. The molecule has 29 heavy (non-hydrogen) atoms. The highest BCUT2D eigenvalue weighted by molar-refractivity contribution is 8.00. The molecule has 1 aromatic heterocycles. The minimum Gasteiger partial charge on any atom is -0.352 e. The molecule has 4 rings (SSSR count). The summed E-state index contributed by atoms with van der Waals surface area (Å²) in [6, 6.07) is 15.4. The summed E-state index contributed by atoms with van der Waals surface area (Å²) in [5.74, 6) is -0.000219. The normalized spacial score (nSPS) is 15.5. The van der Waals surface area contributed by atoms with Crippen LogP contribution < -0.4 is 10.9 Å². The van der Waals surface area contributed by atoms with E-state index in [0.29, 0.717) is 16.1 Å². The van der Waals surface area contributed by atoms with E-state index in [9.17, 15) is 9.59 Å². The van der Waals surface area contributed by atoms with Crippen molar-refractivity contribution in [2.24, 2.45) is 0 Å². The van der Waals surface area contributed by atoms with Gasteiger partial charge in [-0.05, 0) is 51.0 Å². The summed E-state index contributed by atoms with van der Waals surface area (Å²) in [6.07, 6.45) is 4.44. The van der Waals surface area contributed by atoms with Gasteiger partial charge in [0.1, 0.15) is 0 Å². The van der Waals surface area contributed by atoms with Crippen molar-refractivity contribution < 1.29 is 4.79 Å². The van der Waals surface area contributed by atoms with E-state index in [1.807, 2.05) is 56.3 Å². The van der Waals surface area contributed by atoms with Gasteiger partial charge in [-0.2, -0.15) is 0 Å². The van der Waals surface area contributed by atoms with Gasteiger partial charge in [-0.25, -0.2) is 4.98 Å². The van der Waals surface area contributed by atoms with Crippen LogP contribution >= 0.6 is 11.8 Å². The lowest BCUT2D eigenvalue weighted by atomic mass is 10.2. The van der Waals surface area contributed by atoms with E-state index in [0.717, 1.165) is 24.1 Å². The maximum atomic E-state index is 13.3. The second-order valence-corrected chi connectivity index (χ2v) is 8.95. The number of aryl methyl sites for hydroxylation is 1. The van der Waals surface area contributed by atoms with Crippen molar-refractivity contribution in [3.8, 4) is 5.69 Å². The van der Waals surface area contributed by atoms with E-state index < -0.39 is 0 Å². The Balaban J connectivity index is 1.71. The van der Waals surface area contributed by atoms with E-state index in [2.05, 4.69) is 5.32 Å².